The summed E-state index contributed by atoms with van der Waals surface area (Å²) < 4.78 is 0. The summed E-state index contributed by atoms with van der Waals surface area (Å²) in [5, 5.41) is 4.50. The maximum atomic E-state index is 8.81. The van der Waals surface area contributed by atoms with E-state index in [9.17, 15) is 0 Å². The number of aldehydes is 2. The van der Waals surface area contributed by atoms with Crippen molar-refractivity contribution in [2.45, 2.75) is 88.1 Å². The molecular weight excluding hydrogens is 922 g/mol. The molecule has 0 aromatic carbocycles. The van der Waals surface area contributed by atoms with Gasteiger partial charge in [0.05, 0.1) is 14.1 Å². The van der Waals surface area contributed by atoms with Crippen LogP contribution >= 0.6 is 0 Å². The van der Waals surface area contributed by atoms with E-state index in [1.54, 1.807) is 0 Å². The molecule has 0 fully saturated rings. The molecule has 10 nitrogen and oxygen atoms in total. The smallest absolute Gasteiger partial charge is 0.116 e. The van der Waals surface area contributed by atoms with Crippen LogP contribution in [-0.4, -0.2) is 26.7 Å². The van der Waals surface area contributed by atoms with Crippen LogP contribution in [0.25, 0.3) is 0 Å². The van der Waals surface area contributed by atoms with Crippen molar-refractivity contribution in [2.24, 2.45) is 10.4 Å². The molecule has 0 aromatic rings. The van der Waals surface area contributed by atoms with Crippen molar-refractivity contribution in [2.75, 3.05) is 14.1 Å². The predicted octanol–water partition coefficient (Wildman–Crippen LogP) is 8.19. The van der Waals surface area contributed by atoms with Crippen molar-refractivity contribution < 1.29 is 109 Å². The first-order valence-electron chi connectivity index (χ1n) is 3.29. The molecule has 30 heavy (non-hydrogen) atoms. The Labute approximate surface area is 262 Å². The molecule has 0 heterocycles. The molecule has 0 saturated carbocycles. The van der Waals surface area contributed by atoms with Crippen LogP contribution in [-0.2, 0) is 46.7 Å². The Morgan fingerprint density at radius 1 is 0.500 bits per heavy atom. The Bertz CT molecular complexity index is 128. The number of hydrogen-bond donors (Lipinski definition) is 2. The van der Waals surface area contributed by atoms with E-state index < -0.39 is 0 Å². The van der Waals surface area contributed by atoms with Crippen molar-refractivity contribution in [1.82, 2.24) is 0 Å². The van der Waals surface area contributed by atoms with Crippen LogP contribution in [0.3, 0.4) is 0 Å². The second-order valence-corrected chi connectivity index (χ2v) is 0.837. The van der Waals surface area contributed by atoms with Gasteiger partial charge in [-0.25, -0.2) is 0 Å². The third-order valence-corrected chi connectivity index (χ3v) is 0. The molecule has 14 heteroatoms. The van der Waals surface area contributed by atoms with E-state index in [1.807, 2.05) is 0 Å². The molecule has 0 bridgehead atoms. The van der Waals surface area contributed by atoms with E-state index in [0.717, 1.165) is 12.6 Å². The van der Waals surface area contributed by atoms with E-state index in [0.29, 0.717) is 0 Å². The number of nitrogens with one attached hydrogen (secondary N) is 2. The van der Waals surface area contributed by atoms with Crippen molar-refractivity contribution in [3.63, 3.8) is 0 Å². The van der Waals surface area contributed by atoms with Gasteiger partial charge in [0.15, 0.2) is 0 Å². The average molecular weight is 979 g/mol. The Hall–Kier alpha value is 1.01. The van der Waals surface area contributed by atoms with E-state index in [-0.39, 0.29) is 174 Å². The van der Waals surface area contributed by atoms with Crippen LogP contribution in [0, 0.1) is 93.0 Å². The number of carbonyl (C=O) groups excluding carboxylic acids is 2. The van der Waals surface area contributed by atoms with Crippen molar-refractivity contribution >= 4 is 12.6 Å². The maximum absolute atomic E-state index is 8.81. The first-order chi connectivity index (χ1) is 7.66. The molecule has 0 aliphatic carbocycles. The number of rotatable bonds is 0. The molecular formula is C16H56N4O6U2V2. The summed E-state index contributed by atoms with van der Waals surface area (Å²) in [6.07, 6.45) is 1.50. The van der Waals surface area contributed by atoms with Gasteiger partial charge in [0.25, 0.3) is 0 Å². The van der Waals surface area contributed by atoms with Crippen molar-refractivity contribution in [3.8, 4) is 0 Å². The molecule has 0 saturated heterocycles. The first-order valence-corrected chi connectivity index (χ1v) is 3.29. The number of nitrogens with zero attached hydrogens (tertiary/aromatic N) is 2. The van der Waals surface area contributed by atoms with E-state index >= 15 is 0 Å². The van der Waals surface area contributed by atoms with Crippen molar-refractivity contribution in [3.05, 3.63) is 19.6 Å². The molecule has 194 valence electrons. The van der Waals surface area contributed by atoms with Crippen LogP contribution in [0.1, 0.15) is 88.1 Å². The fourth-order valence-electron chi connectivity index (χ4n) is 0. The topological polar surface area (TPSA) is 175 Å². The Morgan fingerprint density at radius 2 is 0.500 bits per heavy atom. The van der Waals surface area contributed by atoms with Crippen LogP contribution in [0.2, 0.25) is 0 Å². The van der Waals surface area contributed by atoms with Crippen LogP contribution in [0.5, 0.6) is 0 Å². The average Bonchev–Trinajstić information content (AvgIpc) is 2.27. The SMILES string of the molecule is C.C.C.C.C.C.C.C.C.C.CC=O.CC=O.CN=O.CN=O.N=O.N=O.[U].[U].[V].[V]. The third-order valence-electron chi connectivity index (χ3n) is 0. The van der Waals surface area contributed by atoms with Crippen LogP contribution in [0.15, 0.2) is 10.4 Å². The standard InChI is InChI=1S/2C2H4O.2CH3NO.10CH4.2HNO.2U.2V/c4*1-2-3;;;;;;;;;;;2*1-2;;;;/h2*2H,1H3;2*1H3;10*1H4;2*1H;;;;. The summed E-state index contributed by atoms with van der Waals surface area (Å²) in [5.41, 5.74) is 9.00. The zero-order valence-electron chi connectivity index (χ0n) is 11.4. The zero-order valence-corrected chi connectivity index (χ0v) is 22.5. The van der Waals surface area contributed by atoms with Crippen molar-refractivity contribution in [1.29, 1.82) is 11.2 Å². The molecule has 0 spiro atoms. The summed E-state index contributed by atoms with van der Waals surface area (Å²) in [5.74, 6) is 0. The quantitative estimate of drug-likeness (QED) is 0.183. The minimum atomic E-state index is 0. The summed E-state index contributed by atoms with van der Waals surface area (Å²) in [4.78, 5) is 49.7. The van der Waals surface area contributed by atoms with Gasteiger partial charge in [-0.2, -0.15) is 19.6 Å². The van der Waals surface area contributed by atoms with Gasteiger partial charge in [0.1, 0.15) is 12.6 Å². The minimum absolute atomic E-state index is 0. The van der Waals surface area contributed by atoms with Gasteiger partial charge in [-0.15, -0.1) is 0 Å². The molecule has 0 rings (SSSR count). The van der Waals surface area contributed by atoms with E-state index in [2.05, 4.69) is 21.5 Å². The molecule has 0 aliphatic heterocycles. The summed E-state index contributed by atoms with van der Waals surface area (Å²) >= 11 is 0. The summed E-state index contributed by atoms with van der Waals surface area (Å²) in [7, 11) is 2.39. The molecule has 0 unspecified atom stereocenters. The Morgan fingerprint density at radius 3 is 0.500 bits per heavy atom. The number of carbonyl (C=O) groups is 2. The van der Waals surface area contributed by atoms with Crippen LogP contribution < -0.4 is 0 Å². The van der Waals surface area contributed by atoms with Gasteiger partial charge in [-0.05, 0) is 13.8 Å². The fraction of sp³-hybridized carbons (Fsp3) is 0.875. The van der Waals surface area contributed by atoms with Crippen LogP contribution in [0.4, 0.5) is 0 Å². The fourth-order valence-corrected chi connectivity index (χ4v) is 0. The van der Waals surface area contributed by atoms with Gasteiger partial charge in [0.2, 0.25) is 0 Å². The third kappa shape index (κ3) is 22200. The van der Waals surface area contributed by atoms with Gasteiger partial charge in [-0.1, -0.05) is 95.8 Å². The largest absolute Gasteiger partial charge is 0.304 e. The molecule has 2 N–H and O–H groups in total. The normalized spacial score (nSPS) is 2.00. The van der Waals surface area contributed by atoms with Gasteiger partial charge in [-0.3, -0.25) is 0 Å². The monoisotopic (exact) mass is 978 g/mol. The van der Waals surface area contributed by atoms with Gasteiger partial charge in [0, 0.05) is 99.3 Å². The second kappa shape index (κ2) is 1010. The molecule has 2 radical (unpaired) electrons. The first kappa shape index (κ1) is 230. The Balaban J connectivity index is -0.00000000204. The second-order valence-electron chi connectivity index (χ2n) is 0.837. The number of nitroso groups, excluding NO2 is 4. The molecule has 0 amide bonds. The minimum Gasteiger partial charge on any atom is -0.304 e. The number of hydrogen-bond acceptors (Lipinski definition) is 10. The predicted molar refractivity (Wildman–Crippen MR) is 126 cm³/mol. The molecule has 0 atom stereocenters. The van der Waals surface area contributed by atoms with Gasteiger partial charge >= 0.3 is 0 Å². The Kier molecular flexibility index (Phi) is 7720. The summed E-state index contributed by atoms with van der Waals surface area (Å²) in [6.45, 7) is 2.89. The zero-order chi connectivity index (χ0) is 14.8. The van der Waals surface area contributed by atoms with Gasteiger partial charge < -0.3 is 9.59 Å². The maximum Gasteiger partial charge on any atom is 0.116 e. The van der Waals surface area contributed by atoms with E-state index in [4.69, 9.17) is 29.2 Å². The molecule has 0 aromatic heterocycles. The molecule has 0 aliphatic rings. The summed E-state index contributed by atoms with van der Waals surface area (Å²) in [6, 6.07) is 0. The van der Waals surface area contributed by atoms with E-state index in [1.165, 1.54) is 27.9 Å².